The first-order chi connectivity index (χ1) is 11.0. The Balaban J connectivity index is 1.76. The second-order valence-corrected chi connectivity index (χ2v) is 6.27. The summed E-state index contributed by atoms with van der Waals surface area (Å²) in [5.74, 6) is -1.18. The van der Waals surface area contributed by atoms with Crippen molar-refractivity contribution in [2.45, 2.75) is 25.9 Å². The van der Waals surface area contributed by atoms with Crippen LogP contribution in [0.1, 0.15) is 30.1 Å². The van der Waals surface area contributed by atoms with E-state index in [4.69, 9.17) is 4.74 Å². The topological polar surface area (TPSA) is 75.7 Å². The van der Waals surface area contributed by atoms with Crippen LogP contribution in [0.3, 0.4) is 0 Å². The molecule has 1 N–H and O–H groups in total. The molecule has 1 heterocycles. The predicted molar refractivity (Wildman–Crippen MR) is 87.8 cm³/mol. The molecule has 0 radical (unpaired) electrons. The molecule has 0 unspecified atom stereocenters. The van der Waals surface area contributed by atoms with Crippen molar-refractivity contribution in [1.82, 2.24) is 10.2 Å². The standard InChI is InChI=1S/C16H19BrN2O4/c1-11(16(22)19-8-2-3-9-19)23-14(20)10-18-15(21)12-4-6-13(17)7-5-12/h4-7,11H,2-3,8-10H2,1H3,(H,18,21)/t11-/m0/s1. The highest BCUT2D eigenvalue weighted by Gasteiger charge is 2.25. The van der Waals surface area contributed by atoms with Crippen molar-refractivity contribution in [1.29, 1.82) is 0 Å². The Bertz CT molecular complexity index is 582. The van der Waals surface area contributed by atoms with Crippen LogP contribution < -0.4 is 5.32 Å². The van der Waals surface area contributed by atoms with Gasteiger partial charge in [-0.25, -0.2) is 0 Å². The van der Waals surface area contributed by atoms with E-state index in [1.165, 1.54) is 0 Å². The second kappa shape index (κ2) is 8.10. The number of carbonyl (C=O) groups is 3. The van der Waals surface area contributed by atoms with Gasteiger partial charge in [-0.2, -0.15) is 0 Å². The Morgan fingerprint density at radius 1 is 1.22 bits per heavy atom. The summed E-state index contributed by atoms with van der Waals surface area (Å²) in [5, 5.41) is 2.48. The maximum absolute atomic E-state index is 12.0. The number of amides is 2. The molecule has 1 aromatic rings. The smallest absolute Gasteiger partial charge is 0.326 e. The first-order valence-corrected chi connectivity index (χ1v) is 8.28. The zero-order valence-electron chi connectivity index (χ0n) is 12.9. The molecular weight excluding hydrogens is 364 g/mol. The van der Waals surface area contributed by atoms with Crippen molar-refractivity contribution < 1.29 is 19.1 Å². The van der Waals surface area contributed by atoms with Crippen molar-refractivity contribution in [3.05, 3.63) is 34.3 Å². The van der Waals surface area contributed by atoms with Gasteiger partial charge in [-0.05, 0) is 44.0 Å². The lowest BCUT2D eigenvalue weighted by atomic mass is 10.2. The third-order valence-corrected chi connectivity index (χ3v) is 4.10. The van der Waals surface area contributed by atoms with Crippen LogP contribution in [0.15, 0.2) is 28.7 Å². The molecular formula is C16H19BrN2O4. The number of halogens is 1. The molecule has 1 aliphatic heterocycles. The van der Waals surface area contributed by atoms with E-state index < -0.39 is 12.1 Å². The SMILES string of the molecule is C[C@H](OC(=O)CNC(=O)c1ccc(Br)cc1)C(=O)N1CCCC1. The summed E-state index contributed by atoms with van der Waals surface area (Å²) in [6.45, 7) is 2.70. The van der Waals surface area contributed by atoms with Crippen LogP contribution in [0.4, 0.5) is 0 Å². The number of benzene rings is 1. The molecule has 1 fully saturated rings. The Kier molecular flexibility index (Phi) is 6.15. The summed E-state index contributed by atoms with van der Waals surface area (Å²) < 4.78 is 5.94. The molecule has 124 valence electrons. The third-order valence-electron chi connectivity index (χ3n) is 3.57. The Hall–Kier alpha value is -1.89. The molecule has 23 heavy (non-hydrogen) atoms. The van der Waals surface area contributed by atoms with Gasteiger partial charge < -0.3 is 15.0 Å². The van der Waals surface area contributed by atoms with Crippen LogP contribution in [-0.2, 0) is 14.3 Å². The minimum Gasteiger partial charge on any atom is -0.451 e. The summed E-state index contributed by atoms with van der Waals surface area (Å²) in [7, 11) is 0. The molecule has 2 rings (SSSR count). The van der Waals surface area contributed by atoms with Crippen molar-refractivity contribution in [2.75, 3.05) is 19.6 Å². The maximum Gasteiger partial charge on any atom is 0.326 e. The summed E-state index contributed by atoms with van der Waals surface area (Å²) in [6, 6.07) is 6.77. The number of likely N-dealkylation sites (tertiary alicyclic amines) is 1. The van der Waals surface area contributed by atoms with E-state index in [1.54, 1.807) is 36.1 Å². The largest absolute Gasteiger partial charge is 0.451 e. The zero-order chi connectivity index (χ0) is 16.8. The molecule has 1 aliphatic rings. The Morgan fingerprint density at radius 2 is 1.83 bits per heavy atom. The maximum atomic E-state index is 12.0. The van der Waals surface area contributed by atoms with Crippen LogP contribution in [0, 0.1) is 0 Å². The van der Waals surface area contributed by atoms with Crippen molar-refractivity contribution in [3.63, 3.8) is 0 Å². The average molecular weight is 383 g/mol. The van der Waals surface area contributed by atoms with Crippen LogP contribution >= 0.6 is 15.9 Å². The van der Waals surface area contributed by atoms with E-state index in [1.807, 2.05) is 0 Å². The molecule has 0 aliphatic carbocycles. The van der Waals surface area contributed by atoms with Crippen molar-refractivity contribution in [2.24, 2.45) is 0 Å². The van der Waals surface area contributed by atoms with Gasteiger partial charge in [-0.3, -0.25) is 14.4 Å². The number of rotatable bonds is 5. The summed E-state index contributed by atoms with van der Waals surface area (Å²) in [6.07, 6.45) is 1.14. The monoisotopic (exact) mass is 382 g/mol. The molecule has 0 spiro atoms. The molecule has 6 nitrogen and oxygen atoms in total. The van der Waals surface area contributed by atoms with Gasteiger partial charge in [0.25, 0.3) is 11.8 Å². The first kappa shape index (κ1) is 17.5. The van der Waals surface area contributed by atoms with Crippen LogP contribution in [0.2, 0.25) is 0 Å². The third kappa shape index (κ3) is 5.06. The predicted octanol–water partition coefficient (Wildman–Crippen LogP) is 1.73. The first-order valence-electron chi connectivity index (χ1n) is 7.49. The number of esters is 1. The summed E-state index contributed by atoms with van der Waals surface area (Å²) >= 11 is 3.28. The van der Waals surface area contributed by atoms with Gasteiger partial charge in [-0.15, -0.1) is 0 Å². The molecule has 1 saturated heterocycles. The van der Waals surface area contributed by atoms with Crippen LogP contribution in [0.5, 0.6) is 0 Å². The van der Waals surface area contributed by atoms with Crippen molar-refractivity contribution in [3.8, 4) is 0 Å². The van der Waals surface area contributed by atoms with Gasteiger partial charge in [0.1, 0.15) is 6.54 Å². The van der Waals surface area contributed by atoms with Gasteiger partial charge >= 0.3 is 5.97 Å². The van der Waals surface area contributed by atoms with E-state index >= 15 is 0 Å². The van der Waals surface area contributed by atoms with E-state index in [0.717, 1.165) is 17.3 Å². The van der Waals surface area contributed by atoms with Gasteiger partial charge in [0.15, 0.2) is 6.10 Å². The number of nitrogens with one attached hydrogen (secondary N) is 1. The normalized spacial score (nSPS) is 15.1. The highest BCUT2D eigenvalue weighted by atomic mass is 79.9. The molecule has 1 atom stereocenters. The number of nitrogens with zero attached hydrogens (tertiary/aromatic N) is 1. The fraction of sp³-hybridized carbons (Fsp3) is 0.438. The molecule has 1 aromatic carbocycles. The molecule has 0 saturated carbocycles. The van der Waals surface area contributed by atoms with Gasteiger partial charge in [0.2, 0.25) is 0 Å². The lowest BCUT2D eigenvalue weighted by Gasteiger charge is -2.20. The summed E-state index contributed by atoms with van der Waals surface area (Å²) in [4.78, 5) is 37.3. The fourth-order valence-electron chi connectivity index (χ4n) is 2.34. The van der Waals surface area contributed by atoms with Crippen molar-refractivity contribution >= 4 is 33.7 Å². The van der Waals surface area contributed by atoms with Crippen LogP contribution in [0.25, 0.3) is 0 Å². The minimum atomic E-state index is -0.829. The Labute approximate surface area is 143 Å². The molecule has 7 heteroatoms. The Morgan fingerprint density at radius 3 is 2.43 bits per heavy atom. The average Bonchev–Trinajstić information content (AvgIpc) is 3.06. The van der Waals surface area contributed by atoms with Gasteiger partial charge in [0, 0.05) is 23.1 Å². The van der Waals surface area contributed by atoms with Gasteiger partial charge in [-0.1, -0.05) is 15.9 Å². The van der Waals surface area contributed by atoms with Crippen LogP contribution in [-0.4, -0.2) is 48.4 Å². The zero-order valence-corrected chi connectivity index (χ0v) is 14.5. The molecule has 0 bridgehead atoms. The number of hydrogen-bond donors (Lipinski definition) is 1. The second-order valence-electron chi connectivity index (χ2n) is 5.35. The fourth-order valence-corrected chi connectivity index (χ4v) is 2.60. The number of hydrogen-bond acceptors (Lipinski definition) is 4. The highest BCUT2D eigenvalue weighted by molar-refractivity contribution is 9.10. The quantitative estimate of drug-likeness (QED) is 0.786. The molecule has 2 amide bonds. The van der Waals surface area contributed by atoms with Gasteiger partial charge in [0.05, 0.1) is 0 Å². The van der Waals surface area contributed by atoms with E-state index in [-0.39, 0.29) is 18.4 Å². The van der Waals surface area contributed by atoms with E-state index in [0.29, 0.717) is 18.7 Å². The van der Waals surface area contributed by atoms with E-state index in [9.17, 15) is 14.4 Å². The lowest BCUT2D eigenvalue weighted by Crippen LogP contribution is -2.40. The number of ether oxygens (including phenoxy) is 1. The highest BCUT2D eigenvalue weighted by Crippen LogP contribution is 2.11. The lowest BCUT2D eigenvalue weighted by molar-refractivity contribution is -0.157. The molecule has 0 aromatic heterocycles. The summed E-state index contributed by atoms with van der Waals surface area (Å²) in [5.41, 5.74) is 0.446. The minimum absolute atomic E-state index is 0.185. The van der Waals surface area contributed by atoms with E-state index in [2.05, 4.69) is 21.2 Å². The number of carbonyl (C=O) groups excluding carboxylic acids is 3.